The quantitative estimate of drug-likeness (QED) is 0.835. The molecule has 0 atom stereocenters. The summed E-state index contributed by atoms with van der Waals surface area (Å²) in [7, 11) is 1.78. The zero-order chi connectivity index (χ0) is 15.2. The molecule has 0 aromatic heterocycles. The molecule has 0 spiro atoms. The third-order valence-corrected chi connectivity index (χ3v) is 3.35. The Labute approximate surface area is 130 Å². The summed E-state index contributed by atoms with van der Waals surface area (Å²) in [5.41, 5.74) is 1.61. The summed E-state index contributed by atoms with van der Waals surface area (Å²) in [5, 5.41) is 0.689. The third-order valence-electron chi connectivity index (χ3n) is 3.10. The molecule has 0 aliphatic rings. The smallest absolute Gasteiger partial charge is 0.257 e. The molecule has 0 fully saturated rings. The van der Waals surface area contributed by atoms with E-state index >= 15 is 0 Å². The monoisotopic (exact) mass is 303 g/mol. The first-order valence-corrected chi connectivity index (χ1v) is 7.21. The number of rotatable bonds is 5. The van der Waals surface area contributed by atoms with Gasteiger partial charge in [0.15, 0.2) is 0 Å². The molecule has 0 N–H and O–H groups in total. The molecular formula is C17H18ClNO2. The minimum absolute atomic E-state index is 0.0611. The lowest BCUT2D eigenvalue weighted by Crippen LogP contribution is -2.26. The first kappa shape index (κ1) is 15.4. The van der Waals surface area contributed by atoms with Crippen molar-refractivity contribution in [3.63, 3.8) is 0 Å². The predicted molar refractivity (Wildman–Crippen MR) is 84.9 cm³/mol. The summed E-state index contributed by atoms with van der Waals surface area (Å²) in [4.78, 5) is 14.2. The van der Waals surface area contributed by atoms with Crippen LogP contribution in [0.1, 0.15) is 22.8 Å². The molecule has 0 aliphatic carbocycles. The van der Waals surface area contributed by atoms with Crippen LogP contribution in [0.15, 0.2) is 48.5 Å². The fourth-order valence-corrected chi connectivity index (χ4v) is 2.19. The maximum Gasteiger partial charge on any atom is 0.257 e. The number of ether oxygens (including phenoxy) is 1. The van der Waals surface area contributed by atoms with Crippen molar-refractivity contribution in [1.82, 2.24) is 4.90 Å². The van der Waals surface area contributed by atoms with Gasteiger partial charge in [0.2, 0.25) is 0 Å². The number of carbonyl (C=O) groups is 1. The van der Waals surface area contributed by atoms with Crippen LogP contribution in [0.4, 0.5) is 0 Å². The Morgan fingerprint density at radius 3 is 2.48 bits per heavy atom. The van der Waals surface area contributed by atoms with Gasteiger partial charge in [-0.1, -0.05) is 35.9 Å². The predicted octanol–water partition coefficient (Wildman–Crippen LogP) is 4.01. The van der Waals surface area contributed by atoms with Gasteiger partial charge in [-0.25, -0.2) is 0 Å². The van der Waals surface area contributed by atoms with Crippen molar-refractivity contribution >= 4 is 17.5 Å². The van der Waals surface area contributed by atoms with Gasteiger partial charge < -0.3 is 9.64 Å². The van der Waals surface area contributed by atoms with Gasteiger partial charge in [0, 0.05) is 18.6 Å². The largest absolute Gasteiger partial charge is 0.493 e. The highest BCUT2D eigenvalue weighted by molar-refractivity contribution is 6.30. The first-order valence-electron chi connectivity index (χ1n) is 6.83. The molecule has 0 bridgehead atoms. The maximum atomic E-state index is 12.5. The van der Waals surface area contributed by atoms with Gasteiger partial charge in [0.25, 0.3) is 5.91 Å². The lowest BCUT2D eigenvalue weighted by atomic mass is 10.1. The SMILES string of the molecule is CCOc1ccccc1C(=O)N(C)Cc1ccc(Cl)cc1. The van der Waals surface area contributed by atoms with Crippen molar-refractivity contribution < 1.29 is 9.53 Å². The second kappa shape index (κ2) is 7.14. The van der Waals surface area contributed by atoms with Crippen LogP contribution in [0.25, 0.3) is 0 Å². The number of carbonyl (C=O) groups excluding carboxylic acids is 1. The van der Waals surface area contributed by atoms with Crippen molar-refractivity contribution in [3.8, 4) is 5.75 Å². The molecule has 0 unspecified atom stereocenters. The summed E-state index contributed by atoms with van der Waals surface area (Å²) in [6.45, 7) is 2.96. The highest BCUT2D eigenvalue weighted by atomic mass is 35.5. The molecule has 2 aromatic rings. The number of benzene rings is 2. The second-order valence-electron chi connectivity index (χ2n) is 4.72. The lowest BCUT2D eigenvalue weighted by molar-refractivity contribution is 0.0781. The number of para-hydroxylation sites is 1. The zero-order valence-corrected chi connectivity index (χ0v) is 12.9. The Morgan fingerprint density at radius 1 is 1.14 bits per heavy atom. The van der Waals surface area contributed by atoms with Crippen LogP contribution in [-0.2, 0) is 6.54 Å². The van der Waals surface area contributed by atoms with E-state index in [2.05, 4.69) is 0 Å². The molecule has 0 saturated heterocycles. The number of halogens is 1. The van der Waals surface area contributed by atoms with E-state index in [0.717, 1.165) is 5.56 Å². The highest BCUT2D eigenvalue weighted by Crippen LogP contribution is 2.20. The van der Waals surface area contributed by atoms with Gasteiger partial charge in [-0.3, -0.25) is 4.79 Å². The lowest BCUT2D eigenvalue weighted by Gasteiger charge is -2.19. The van der Waals surface area contributed by atoms with E-state index in [9.17, 15) is 4.79 Å². The minimum atomic E-state index is -0.0611. The van der Waals surface area contributed by atoms with Gasteiger partial charge in [0.05, 0.1) is 12.2 Å². The first-order chi connectivity index (χ1) is 10.1. The van der Waals surface area contributed by atoms with Crippen molar-refractivity contribution in [2.24, 2.45) is 0 Å². The molecule has 4 heteroatoms. The van der Waals surface area contributed by atoms with Crippen LogP contribution in [0.5, 0.6) is 5.75 Å². The molecule has 2 aromatic carbocycles. The number of hydrogen-bond acceptors (Lipinski definition) is 2. The number of hydrogen-bond donors (Lipinski definition) is 0. The van der Waals surface area contributed by atoms with Crippen LogP contribution >= 0.6 is 11.6 Å². The minimum Gasteiger partial charge on any atom is -0.493 e. The van der Waals surface area contributed by atoms with Gasteiger partial charge in [-0.15, -0.1) is 0 Å². The summed E-state index contributed by atoms with van der Waals surface area (Å²) >= 11 is 5.87. The van der Waals surface area contributed by atoms with Gasteiger partial charge >= 0.3 is 0 Å². The summed E-state index contributed by atoms with van der Waals surface area (Å²) < 4.78 is 5.51. The molecule has 0 saturated carbocycles. The van der Waals surface area contributed by atoms with Gasteiger partial charge in [0.1, 0.15) is 5.75 Å². The average Bonchev–Trinajstić information content (AvgIpc) is 2.50. The molecule has 2 rings (SSSR count). The van der Waals surface area contributed by atoms with Crippen LogP contribution < -0.4 is 4.74 Å². The van der Waals surface area contributed by atoms with E-state index < -0.39 is 0 Å². The molecule has 1 amide bonds. The van der Waals surface area contributed by atoms with Crippen LogP contribution in [0.3, 0.4) is 0 Å². The van der Waals surface area contributed by atoms with E-state index in [-0.39, 0.29) is 5.91 Å². The van der Waals surface area contributed by atoms with E-state index in [1.807, 2.05) is 49.4 Å². The Hall–Kier alpha value is -2.00. The van der Waals surface area contributed by atoms with Crippen LogP contribution in [-0.4, -0.2) is 24.5 Å². The van der Waals surface area contributed by atoms with E-state index in [0.29, 0.717) is 29.5 Å². The number of nitrogens with zero attached hydrogens (tertiary/aromatic N) is 1. The summed E-state index contributed by atoms with van der Waals surface area (Å²) in [5.74, 6) is 0.557. The van der Waals surface area contributed by atoms with E-state index in [1.165, 1.54) is 0 Å². The van der Waals surface area contributed by atoms with Crippen LogP contribution in [0.2, 0.25) is 5.02 Å². The van der Waals surface area contributed by atoms with Gasteiger partial charge in [-0.2, -0.15) is 0 Å². The average molecular weight is 304 g/mol. The van der Waals surface area contributed by atoms with Crippen molar-refractivity contribution in [2.75, 3.05) is 13.7 Å². The Bertz CT molecular complexity index is 610. The van der Waals surface area contributed by atoms with E-state index in [4.69, 9.17) is 16.3 Å². The number of amides is 1. The van der Waals surface area contributed by atoms with Crippen LogP contribution in [0, 0.1) is 0 Å². The topological polar surface area (TPSA) is 29.5 Å². The Morgan fingerprint density at radius 2 is 1.81 bits per heavy atom. The molecule has 110 valence electrons. The molecular weight excluding hydrogens is 286 g/mol. The second-order valence-corrected chi connectivity index (χ2v) is 5.15. The summed E-state index contributed by atoms with van der Waals surface area (Å²) in [6.07, 6.45) is 0. The zero-order valence-electron chi connectivity index (χ0n) is 12.2. The Kier molecular flexibility index (Phi) is 5.23. The molecule has 0 heterocycles. The molecule has 3 nitrogen and oxygen atoms in total. The maximum absolute atomic E-state index is 12.5. The molecule has 0 radical (unpaired) electrons. The van der Waals surface area contributed by atoms with Crippen molar-refractivity contribution in [1.29, 1.82) is 0 Å². The van der Waals surface area contributed by atoms with Crippen molar-refractivity contribution in [3.05, 3.63) is 64.7 Å². The van der Waals surface area contributed by atoms with Crippen molar-refractivity contribution in [2.45, 2.75) is 13.5 Å². The fraction of sp³-hybridized carbons (Fsp3) is 0.235. The fourth-order valence-electron chi connectivity index (χ4n) is 2.07. The van der Waals surface area contributed by atoms with E-state index in [1.54, 1.807) is 18.0 Å². The Balaban J connectivity index is 2.13. The third kappa shape index (κ3) is 3.99. The van der Waals surface area contributed by atoms with Gasteiger partial charge in [-0.05, 0) is 36.8 Å². The molecule has 21 heavy (non-hydrogen) atoms. The highest BCUT2D eigenvalue weighted by Gasteiger charge is 2.16. The molecule has 0 aliphatic heterocycles. The normalized spacial score (nSPS) is 10.2. The standard InChI is InChI=1S/C17H18ClNO2/c1-3-21-16-7-5-4-6-15(16)17(20)19(2)12-13-8-10-14(18)11-9-13/h4-11H,3,12H2,1-2H3. The summed E-state index contributed by atoms with van der Waals surface area (Å²) in [6, 6.07) is 14.8.